The average Bonchev–Trinajstić information content (AvgIpc) is 2.50. The zero-order valence-corrected chi connectivity index (χ0v) is 11.9. The van der Waals surface area contributed by atoms with Gasteiger partial charge in [-0.1, -0.05) is 32.0 Å². The molecule has 0 aliphatic carbocycles. The number of hydrogen-bond acceptors (Lipinski definition) is 2. The fourth-order valence-electron chi connectivity index (χ4n) is 2.18. The first-order chi connectivity index (χ1) is 10.1. The molecule has 0 aliphatic rings. The summed E-state index contributed by atoms with van der Waals surface area (Å²) < 4.78 is 26.7. The van der Waals surface area contributed by atoms with Crippen molar-refractivity contribution in [3.63, 3.8) is 0 Å². The van der Waals surface area contributed by atoms with Crippen LogP contribution in [0.1, 0.15) is 35.3 Å². The van der Waals surface area contributed by atoms with E-state index >= 15 is 0 Å². The molecule has 0 radical (unpaired) electrons. The maximum Gasteiger partial charge on any atom is 0.258 e. The van der Waals surface area contributed by atoms with E-state index < -0.39 is 17.7 Å². The van der Waals surface area contributed by atoms with E-state index in [2.05, 4.69) is 10.3 Å². The number of pyridine rings is 1. The van der Waals surface area contributed by atoms with Crippen LogP contribution < -0.4 is 5.32 Å². The Labute approximate surface area is 122 Å². The third kappa shape index (κ3) is 3.07. The van der Waals surface area contributed by atoms with Gasteiger partial charge in [0.25, 0.3) is 5.91 Å². The number of anilines is 1. The van der Waals surface area contributed by atoms with Gasteiger partial charge in [0.15, 0.2) is 5.82 Å². The maximum absolute atomic E-state index is 13.6. The van der Waals surface area contributed by atoms with Crippen molar-refractivity contribution in [2.24, 2.45) is 0 Å². The fourth-order valence-corrected chi connectivity index (χ4v) is 2.18. The largest absolute Gasteiger partial charge is 0.321 e. The highest BCUT2D eigenvalue weighted by molar-refractivity contribution is 6.05. The summed E-state index contributed by atoms with van der Waals surface area (Å²) in [4.78, 5) is 15.4. The minimum Gasteiger partial charge on any atom is -0.321 e. The highest BCUT2D eigenvalue weighted by Gasteiger charge is 2.18. The number of carbonyl (C=O) groups is 1. The predicted molar refractivity (Wildman–Crippen MR) is 77.3 cm³/mol. The molecule has 0 unspecified atom stereocenters. The Morgan fingerprint density at radius 2 is 1.76 bits per heavy atom. The Morgan fingerprint density at radius 3 is 2.33 bits per heavy atom. The number of halogens is 2. The van der Waals surface area contributed by atoms with Gasteiger partial charge in [0, 0.05) is 11.9 Å². The average molecular weight is 290 g/mol. The molecule has 0 atom stereocenters. The lowest BCUT2D eigenvalue weighted by Gasteiger charge is -2.14. The topological polar surface area (TPSA) is 42.0 Å². The molecule has 1 aromatic heterocycles. The van der Waals surface area contributed by atoms with Crippen molar-refractivity contribution in [3.05, 3.63) is 58.9 Å². The zero-order chi connectivity index (χ0) is 15.4. The molecule has 0 fully saturated rings. The molecule has 0 spiro atoms. The Morgan fingerprint density at radius 1 is 1.14 bits per heavy atom. The standard InChI is InChI=1S/C16H16F2N2O/c1-3-10-6-5-7-11(4-2)14(10)20-16(21)12-8-9-19-15(18)13(12)17/h5-9H,3-4H2,1-2H3,(H,20,21). The summed E-state index contributed by atoms with van der Waals surface area (Å²) >= 11 is 0. The van der Waals surface area contributed by atoms with Crippen molar-refractivity contribution in [1.82, 2.24) is 4.98 Å². The van der Waals surface area contributed by atoms with Crippen molar-refractivity contribution in [1.29, 1.82) is 0 Å². The lowest BCUT2D eigenvalue weighted by atomic mass is 10.0. The van der Waals surface area contributed by atoms with E-state index in [1.807, 2.05) is 32.0 Å². The van der Waals surface area contributed by atoms with Crippen LogP contribution in [0, 0.1) is 11.8 Å². The number of para-hydroxylation sites is 1. The quantitative estimate of drug-likeness (QED) is 0.872. The number of rotatable bonds is 4. The number of carbonyl (C=O) groups excluding carboxylic acids is 1. The summed E-state index contributed by atoms with van der Waals surface area (Å²) in [6.07, 6.45) is 2.53. The fraction of sp³-hybridized carbons (Fsp3) is 0.250. The van der Waals surface area contributed by atoms with Gasteiger partial charge in [0.1, 0.15) is 0 Å². The van der Waals surface area contributed by atoms with Crippen molar-refractivity contribution in [2.75, 3.05) is 5.32 Å². The molecular formula is C16H16F2N2O. The molecule has 0 saturated carbocycles. The summed E-state index contributed by atoms with van der Waals surface area (Å²) in [7, 11) is 0. The summed E-state index contributed by atoms with van der Waals surface area (Å²) in [5.41, 5.74) is 2.23. The first-order valence-corrected chi connectivity index (χ1v) is 6.80. The van der Waals surface area contributed by atoms with Crippen molar-refractivity contribution in [2.45, 2.75) is 26.7 Å². The summed E-state index contributed by atoms with van der Waals surface area (Å²) in [6.45, 7) is 3.94. The number of hydrogen-bond donors (Lipinski definition) is 1. The van der Waals surface area contributed by atoms with Crippen LogP contribution in [0.15, 0.2) is 30.5 Å². The number of benzene rings is 1. The summed E-state index contributed by atoms with van der Waals surface area (Å²) in [5, 5.41) is 2.69. The van der Waals surface area contributed by atoms with Gasteiger partial charge in [0.05, 0.1) is 5.56 Å². The van der Waals surface area contributed by atoms with E-state index in [9.17, 15) is 13.6 Å². The molecule has 3 nitrogen and oxygen atoms in total. The van der Waals surface area contributed by atoms with E-state index in [0.717, 1.165) is 36.2 Å². The lowest BCUT2D eigenvalue weighted by Crippen LogP contribution is -2.17. The number of aryl methyl sites for hydroxylation is 2. The predicted octanol–water partition coefficient (Wildman–Crippen LogP) is 3.74. The van der Waals surface area contributed by atoms with Crippen LogP contribution >= 0.6 is 0 Å². The van der Waals surface area contributed by atoms with Crippen LogP contribution in [0.25, 0.3) is 0 Å². The van der Waals surface area contributed by atoms with Gasteiger partial charge in [-0.05, 0) is 30.0 Å². The molecule has 2 aromatic rings. The second-order valence-corrected chi connectivity index (χ2v) is 4.58. The minimum absolute atomic E-state index is 0.351. The van der Waals surface area contributed by atoms with Gasteiger partial charge in [-0.25, -0.2) is 9.37 Å². The molecule has 5 heteroatoms. The van der Waals surface area contributed by atoms with E-state index in [1.54, 1.807) is 0 Å². The van der Waals surface area contributed by atoms with Crippen molar-refractivity contribution < 1.29 is 13.6 Å². The second kappa shape index (κ2) is 6.43. The van der Waals surface area contributed by atoms with E-state index in [-0.39, 0.29) is 5.56 Å². The van der Waals surface area contributed by atoms with E-state index in [4.69, 9.17) is 0 Å². The second-order valence-electron chi connectivity index (χ2n) is 4.58. The maximum atomic E-state index is 13.6. The lowest BCUT2D eigenvalue weighted by molar-refractivity contribution is 0.102. The molecule has 0 aliphatic heterocycles. The summed E-state index contributed by atoms with van der Waals surface area (Å²) in [6, 6.07) is 6.88. The van der Waals surface area contributed by atoms with Gasteiger partial charge in [0.2, 0.25) is 5.95 Å². The monoisotopic (exact) mass is 290 g/mol. The Balaban J connectivity index is 2.38. The molecule has 110 valence electrons. The number of amides is 1. The first kappa shape index (κ1) is 15.1. The molecule has 1 amide bonds. The van der Waals surface area contributed by atoms with Crippen LogP contribution in [0.4, 0.5) is 14.5 Å². The normalized spacial score (nSPS) is 10.5. The Kier molecular flexibility index (Phi) is 4.62. The van der Waals surface area contributed by atoms with Crippen LogP contribution in [0.5, 0.6) is 0 Å². The molecule has 0 bridgehead atoms. The third-order valence-electron chi connectivity index (χ3n) is 3.33. The van der Waals surface area contributed by atoms with Gasteiger partial charge >= 0.3 is 0 Å². The summed E-state index contributed by atoms with van der Waals surface area (Å²) in [5.74, 6) is -3.19. The molecular weight excluding hydrogens is 274 g/mol. The van der Waals surface area contributed by atoms with Crippen molar-refractivity contribution >= 4 is 11.6 Å². The smallest absolute Gasteiger partial charge is 0.258 e. The molecule has 2 rings (SSSR count). The van der Waals surface area contributed by atoms with Gasteiger partial charge in [-0.3, -0.25) is 4.79 Å². The SMILES string of the molecule is CCc1cccc(CC)c1NC(=O)c1ccnc(F)c1F. The van der Waals surface area contributed by atoms with Crippen LogP contribution in [-0.2, 0) is 12.8 Å². The highest BCUT2D eigenvalue weighted by atomic mass is 19.2. The van der Waals surface area contributed by atoms with Gasteiger partial charge in [-0.2, -0.15) is 4.39 Å². The van der Waals surface area contributed by atoms with E-state index in [1.165, 1.54) is 0 Å². The number of aromatic nitrogens is 1. The van der Waals surface area contributed by atoms with Crippen LogP contribution in [-0.4, -0.2) is 10.9 Å². The molecule has 1 heterocycles. The first-order valence-electron chi connectivity index (χ1n) is 6.80. The number of nitrogens with zero attached hydrogens (tertiary/aromatic N) is 1. The van der Waals surface area contributed by atoms with Crippen LogP contribution in [0.2, 0.25) is 0 Å². The molecule has 1 N–H and O–H groups in total. The highest BCUT2D eigenvalue weighted by Crippen LogP contribution is 2.23. The van der Waals surface area contributed by atoms with Crippen LogP contribution in [0.3, 0.4) is 0 Å². The van der Waals surface area contributed by atoms with Crippen molar-refractivity contribution in [3.8, 4) is 0 Å². The minimum atomic E-state index is -1.28. The molecule has 1 aromatic carbocycles. The zero-order valence-electron chi connectivity index (χ0n) is 11.9. The Bertz CT molecular complexity index is 649. The molecule has 0 saturated heterocycles. The van der Waals surface area contributed by atoms with Gasteiger partial charge < -0.3 is 5.32 Å². The van der Waals surface area contributed by atoms with Gasteiger partial charge in [-0.15, -0.1) is 0 Å². The van der Waals surface area contributed by atoms with E-state index in [0.29, 0.717) is 5.69 Å². The number of nitrogens with one attached hydrogen (secondary N) is 1. The Hall–Kier alpha value is -2.30. The third-order valence-corrected chi connectivity index (χ3v) is 3.33. The molecule has 21 heavy (non-hydrogen) atoms.